The first kappa shape index (κ1) is 21.2. The largest absolute Gasteiger partial charge is 0.366 e. The zero-order chi connectivity index (χ0) is 23.5. The van der Waals surface area contributed by atoms with Crippen molar-refractivity contribution in [2.45, 2.75) is 6.54 Å². The summed E-state index contributed by atoms with van der Waals surface area (Å²) in [5, 5.41) is 4.25. The number of nitrogens with two attached hydrogens (primary N) is 1. The van der Waals surface area contributed by atoms with Gasteiger partial charge in [0.2, 0.25) is 0 Å². The number of pyridine rings is 1. The second-order valence-electron chi connectivity index (χ2n) is 7.70. The molecule has 0 saturated heterocycles. The molecule has 0 aliphatic rings. The quantitative estimate of drug-likeness (QED) is 0.371. The van der Waals surface area contributed by atoms with Crippen LogP contribution in [0.4, 0.5) is 10.2 Å². The number of benzene rings is 3. The lowest BCUT2D eigenvalue weighted by Gasteiger charge is -2.15. The standard InChI is InChI=1S/C27H20FN5O/c28-22-13-12-18(15-21(22)25(29)34)26-32-23-11-6-10-20(17-7-2-1-3-8-17)24(23)27(33-26)31-16-19-9-4-5-14-30-19/h1-15H,16H2,(H2,29,34)(H,31,32,33). The first-order valence-electron chi connectivity index (χ1n) is 10.7. The highest BCUT2D eigenvalue weighted by molar-refractivity contribution is 6.02. The highest BCUT2D eigenvalue weighted by atomic mass is 19.1. The van der Waals surface area contributed by atoms with E-state index in [0.717, 1.165) is 22.2 Å². The minimum atomic E-state index is -0.847. The maximum atomic E-state index is 14.1. The molecule has 0 aliphatic heterocycles. The van der Waals surface area contributed by atoms with Gasteiger partial charge in [0.05, 0.1) is 28.7 Å². The van der Waals surface area contributed by atoms with Crippen LogP contribution in [0.2, 0.25) is 0 Å². The number of hydrogen-bond donors (Lipinski definition) is 2. The van der Waals surface area contributed by atoms with Gasteiger partial charge in [0.15, 0.2) is 5.82 Å². The number of rotatable bonds is 6. The molecule has 0 atom stereocenters. The van der Waals surface area contributed by atoms with Crippen LogP contribution in [0.15, 0.2) is 91.1 Å². The van der Waals surface area contributed by atoms with E-state index < -0.39 is 11.7 Å². The van der Waals surface area contributed by atoms with E-state index in [-0.39, 0.29) is 5.56 Å². The molecule has 0 spiro atoms. The molecule has 0 fully saturated rings. The second kappa shape index (κ2) is 9.07. The zero-order valence-electron chi connectivity index (χ0n) is 18.1. The number of nitrogens with zero attached hydrogens (tertiary/aromatic N) is 3. The molecule has 0 bridgehead atoms. The van der Waals surface area contributed by atoms with Crippen molar-refractivity contribution in [1.82, 2.24) is 15.0 Å². The lowest BCUT2D eigenvalue weighted by atomic mass is 10.0. The molecule has 2 aromatic heterocycles. The SMILES string of the molecule is NC(=O)c1cc(-c2nc(NCc3ccccn3)c3c(-c4ccccc4)cccc3n2)ccc1F. The molecular formula is C27H20FN5O. The number of nitrogens with one attached hydrogen (secondary N) is 1. The minimum Gasteiger partial charge on any atom is -0.366 e. The highest BCUT2D eigenvalue weighted by Gasteiger charge is 2.16. The Balaban J connectivity index is 1.69. The topological polar surface area (TPSA) is 93.8 Å². The Kier molecular flexibility index (Phi) is 5.66. The molecule has 0 aliphatic carbocycles. The number of halogens is 1. The number of aromatic nitrogens is 3. The third-order valence-electron chi connectivity index (χ3n) is 5.46. The first-order valence-corrected chi connectivity index (χ1v) is 10.7. The summed E-state index contributed by atoms with van der Waals surface area (Å²) in [5.74, 6) is -0.573. The van der Waals surface area contributed by atoms with Gasteiger partial charge < -0.3 is 11.1 Å². The van der Waals surface area contributed by atoms with Crippen molar-refractivity contribution in [3.8, 4) is 22.5 Å². The van der Waals surface area contributed by atoms with Gasteiger partial charge in [0.25, 0.3) is 5.91 Å². The Labute approximate surface area is 195 Å². The van der Waals surface area contributed by atoms with Gasteiger partial charge in [-0.1, -0.05) is 48.5 Å². The second-order valence-corrected chi connectivity index (χ2v) is 7.70. The first-order chi connectivity index (χ1) is 16.6. The van der Waals surface area contributed by atoms with E-state index in [2.05, 4.69) is 10.3 Å². The molecule has 0 unspecified atom stereocenters. The van der Waals surface area contributed by atoms with Gasteiger partial charge in [-0.15, -0.1) is 0 Å². The van der Waals surface area contributed by atoms with Crippen LogP contribution in [-0.4, -0.2) is 20.9 Å². The molecule has 3 N–H and O–H groups in total. The summed E-state index contributed by atoms with van der Waals surface area (Å²) < 4.78 is 14.1. The van der Waals surface area contributed by atoms with Crippen molar-refractivity contribution < 1.29 is 9.18 Å². The van der Waals surface area contributed by atoms with Gasteiger partial charge in [-0.2, -0.15) is 0 Å². The van der Waals surface area contributed by atoms with Gasteiger partial charge in [-0.05, 0) is 47.5 Å². The summed E-state index contributed by atoms with van der Waals surface area (Å²) in [4.78, 5) is 25.6. The number of amides is 1. The van der Waals surface area contributed by atoms with Gasteiger partial charge in [-0.25, -0.2) is 14.4 Å². The Morgan fingerprint density at radius 2 is 1.71 bits per heavy atom. The van der Waals surface area contributed by atoms with Crippen LogP contribution in [0.5, 0.6) is 0 Å². The van der Waals surface area contributed by atoms with E-state index in [1.165, 1.54) is 18.2 Å². The number of carbonyl (C=O) groups excluding carboxylic acids is 1. The Hall–Kier alpha value is -4.65. The monoisotopic (exact) mass is 449 g/mol. The van der Waals surface area contributed by atoms with Gasteiger partial charge in [0, 0.05) is 11.8 Å². The summed E-state index contributed by atoms with van der Waals surface area (Å²) in [7, 11) is 0. The number of fused-ring (bicyclic) bond motifs is 1. The predicted octanol–water partition coefficient (Wildman–Crippen LogP) is 5.21. The van der Waals surface area contributed by atoms with Crippen molar-refractivity contribution in [2.24, 2.45) is 5.73 Å². The maximum Gasteiger partial charge on any atom is 0.251 e. The highest BCUT2D eigenvalue weighted by Crippen LogP contribution is 2.34. The van der Waals surface area contributed by atoms with Crippen LogP contribution in [0.1, 0.15) is 16.1 Å². The molecule has 166 valence electrons. The van der Waals surface area contributed by atoms with Crippen LogP contribution in [-0.2, 0) is 6.54 Å². The average Bonchev–Trinajstić information content (AvgIpc) is 2.88. The molecule has 6 nitrogen and oxygen atoms in total. The summed E-state index contributed by atoms with van der Waals surface area (Å²) in [6, 6.07) is 25.7. The summed E-state index contributed by atoms with van der Waals surface area (Å²) >= 11 is 0. The molecule has 7 heteroatoms. The Morgan fingerprint density at radius 3 is 2.47 bits per heavy atom. The molecule has 34 heavy (non-hydrogen) atoms. The van der Waals surface area contributed by atoms with Crippen molar-refractivity contribution >= 4 is 22.6 Å². The lowest BCUT2D eigenvalue weighted by Crippen LogP contribution is -2.13. The lowest BCUT2D eigenvalue weighted by molar-refractivity contribution is 0.0996. The maximum absolute atomic E-state index is 14.1. The fourth-order valence-electron chi connectivity index (χ4n) is 3.83. The number of anilines is 1. The van der Waals surface area contributed by atoms with E-state index in [1.54, 1.807) is 6.20 Å². The molecule has 1 amide bonds. The third kappa shape index (κ3) is 4.19. The van der Waals surface area contributed by atoms with Crippen molar-refractivity contribution in [3.05, 3.63) is 108 Å². The van der Waals surface area contributed by atoms with Crippen LogP contribution in [0.25, 0.3) is 33.4 Å². The van der Waals surface area contributed by atoms with E-state index in [1.807, 2.05) is 66.7 Å². The fourth-order valence-corrected chi connectivity index (χ4v) is 3.83. The molecule has 3 aromatic carbocycles. The predicted molar refractivity (Wildman–Crippen MR) is 130 cm³/mol. The molecular weight excluding hydrogens is 429 g/mol. The summed E-state index contributed by atoms with van der Waals surface area (Å²) in [6.07, 6.45) is 1.74. The van der Waals surface area contributed by atoms with E-state index in [0.29, 0.717) is 29.3 Å². The average molecular weight is 449 g/mol. The molecule has 2 heterocycles. The van der Waals surface area contributed by atoms with Gasteiger partial charge in [0.1, 0.15) is 11.6 Å². The van der Waals surface area contributed by atoms with Gasteiger partial charge in [-0.3, -0.25) is 9.78 Å². The van der Waals surface area contributed by atoms with E-state index in [4.69, 9.17) is 15.7 Å². The summed E-state index contributed by atoms with van der Waals surface area (Å²) in [5.41, 5.74) is 9.19. The zero-order valence-corrected chi connectivity index (χ0v) is 18.1. The number of carbonyl (C=O) groups is 1. The minimum absolute atomic E-state index is 0.206. The number of hydrogen-bond acceptors (Lipinski definition) is 5. The molecule has 5 rings (SSSR count). The van der Waals surface area contributed by atoms with Crippen molar-refractivity contribution in [3.63, 3.8) is 0 Å². The van der Waals surface area contributed by atoms with Crippen molar-refractivity contribution in [2.75, 3.05) is 5.32 Å². The Bertz CT molecular complexity index is 1490. The smallest absolute Gasteiger partial charge is 0.251 e. The summed E-state index contributed by atoms with van der Waals surface area (Å²) in [6.45, 7) is 0.450. The Morgan fingerprint density at radius 1 is 0.882 bits per heavy atom. The normalized spacial score (nSPS) is 10.9. The van der Waals surface area contributed by atoms with Crippen LogP contribution in [0, 0.1) is 5.82 Å². The third-order valence-corrected chi connectivity index (χ3v) is 5.46. The van der Waals surface area contributed by atoms with E-state index in [9.17, 15) is 9.18 Å². The molecule has 0 radical (unpaired) electrons. The van der Waals surface area contributed by atoms with Crippen LogP contribution in [0.3, 0.4) is 0 Å². The van der Waals surface area contributed by atoms with Crippen LogP contribution < -0.4 is 11.1 Å². The molecule has 0 saturated carbocycles. The molecule has 5 aromatic rings. The van der Waals surface area contributed by atoms with E-state index >= 15 is 0 Å². The van der Waals surface area contributed by atoms with Crippen molar-refractivity contribution in [1.29, 1.82) is 0 Å². The van der Waals surface area contributed by atoms with Crippen LogP contribution >= 0.6 is 0 Å². The number of primary amides is 1. The van der Waals surface area contributed by atoms with Gasteiger partial charge >= 0.3 is 0 Å². The fraction of sp³-hybridized carbons (Fsp3) is 0.0370.